The van der Waals surface area contributed by atoms with Crippen LogP contribution in [-0.4, -0.2) is 14.3 Å². The van der Waals surface area contributed by atoms with Crippen LogP contribution >= 0.6 is 11.6 Å². The molecule has 1 amide bonds. The number of nitrogens with one attached hydrogen (secondary N) is 2. The largest absolute Gasteiger partial charge is 0.422 e. The van der Waals surface area contributed by atoms with Crippen LogP contribution in [0.15, 0.2) is 68.7 Å². The normalized spacial score (nSPS) is 11.4. The van der Waals surface area contributed by atoms with E-state index in [1.165, 1.54) is 30.3 Å². The summed E-state index contributed by atoms with van der Waals surface area (Å²) >= 11 is 5.70. The van der Waals surface area contributed by atoms with Crippen molar-refractivity contribution < 1.29 is 17.6 Å². The topological polar surface area (TPSA) is 105 Å². The van der Waals surface area contributed by atoms with Gasteiger partial charge < -0.3 is 4.42 Å². The Labute approximate surface area is 147 Å². The van der Waals surface area contributed by atoms with E-state index in [0.29, 0.717) is 16.0 Å². The lowest BCUT2D eigenvalue weighted by Crippen LogP contribution is -2.42. The van der Waals surface area contributed by atoms with Gasteiger partial charge in [-0.1, -0.05) is 29.8 Å². The summed E-state index contributed by atoms with van der Waals surface area (Å²) in [6, 6.07) is 13.3. The van der Waals surface area contributed by atoms with Crippen molar-refractivity contribution in [2.45, 2.75) is 4.90 Å². The van der Waals surface area contributed by atoms with Crippen LogP contribution in [0.1, 0.15) is 10.4 Å². The minimum absolute atomic E-state index is 0.0947. The highest BCUT2D eigenvalue weighted by Gasteiger charge is 2.18. The second-order valence-electron chi connectivity index (χ2n) is 5.00. The fourth-order valence-electron chi connectivity index (χ4n) is 2.07. The van der Waals surface area contributed by atoms with Gasteiger partial charge in [-0.3, -0.25) is 10.2 Å². The van der Waals surface area contributed by atoms with E-state index in [2.05, 4.69) is 0 Å². The lowest BCUT2D eigenvalue weighted by molar-refractivity contribution is 0.0941. The number of carbonyl (C=O) groups excluding carboxylic acids is 1. The highest BCUT2D eigenvalue weighted by atomic mass is 35.5. The molecule has 0 atom stereocenters. The maximum absolute atomic E-state index is 12.1. The van der Waals surface area contributed by atoms with E-state index in [9.17, 15) is 18.0 Å². The number of halogens is 1. The van der Waals surface area contributed by atoms with Gasteiger partial charge >= 0.3 is 5.63 Å². The summed E-state index contributed by atoms with van der Waals surface area (Å²) in [7, 11) is -4.01. The first kappa shape index (κ1) is 17.2. The molecule has 0 aliphatic heterocycles. The summed E-state index contributed by atoms with van der Waals surface area (Å²) in [5.41, 5.74) is 1.12. The van der Waals surface area contributed by atoms with Crippen LogP contribution in [0.5, 0.6) is 0 Å². The zero-order valence-electron chi connectivity index (χ0n) is 12.5. The molecule has 0 saturated carbocycles. The number of rotatable bonds is 4. The Morgan fingerprint density at radius 1 is 1.04 bits per heavy atom. The molecule has 0 fully saturated rings. The third-order valence-electron chi connectivity index (χ3n) is 3.31. The van der Waals surface area contributed by atoms with Crippen molar-refractivity contribution in [1.29, 1.82) is 0 Å². The van der Waals surface area contributed by atoms with Gasteiger partial charge in [-0.05, 0) is 36.4 Å². The predicted octanol–water partition coefficient (Wildman–Crippen LogP) is 2.07. The molecule has 0 radical (unpaired) electrons. The number of hydrazine groups is 1. The Balaban J connectivity index is 1.82. The Morgan fingerprint density at radius 2 is 1.72 bits per heavy atom. The van der Waals surface area contributed by atoms with E-state index in [1.807, 2.05) is 10.3 Å². The van der Waals surface area contributed by atoms with Gasteiger partial charge in [-0.2, -0.15) is 0 Å². The van der Waals surface area contributed by atoms with E-state index in [0.717, 1.165) is 0 Å². The maximum atomic E-state index is 12.1. The van der Waals surface area contributed by atoms with Crippen LogP contribution in [0.3, 0.4) is 0 Å². The highest BCUT2D eigenvalue weighted by Crippen LogP contribution is 2.14. The average molecular weight is 379 g/mol. The lowest BCUT2D eigenvalue weighted by atomic mass is 10.2. The number of fused-ring (bicyclic) bond motifs is 1. The van der Waals surface area contributed by atoms with Crippen molar-refractivity contribution in [1.82, 2.24) is 10.3 Å². The van der Waals surface area contributed by atoms with Gasteiger partial charge in [0.15, 0.2) is 0 Å². The lowest BCUT2D eigenvalue weighted by Gasteiger charge is -2.08. The smallest absolute Gasteiger partial charge is 0.349 e. The maximum Gasteiger partial charge on any atom is 0.349 e. The van der Waals surface area contributed by atoms with Gasteiger partial charge in [0.25, 0.3) is 15.9 Å². The Hall–Kier alpha value is -2.68. The summed E-state index contributed by atoms with van der Waals surface area (Å²) in [4.78, 5) is 25.8. The van der Waals surface area contributed by atoms with Crippen molar-refractivity contribution in [2.24, 2.45) is 0 Å². The van der Waals surface area contributed by atoms with Crippen LogP contribution in [0, 0.1) is 0 Å². The standard InChI is InChI=1S/C16H11ClN2O5S/c17-11-5-7-12(8-6-11)25(22,23)19-18-15(20)13-9-10-3-1-2-4-14(10)24-16(13)21/h1-9,19H,(H,18,20). The molecule has 0 spiro atoms. The van der Waals surface area contributed by atoms with Gasteiger partial charge in [0, 0.05) is 10.4 Å². The van der Waals surface area contributed by atoms with Crippen molar-refractivity contribution in [2.75, 3.05) is 0 Å². The third kappa shape index (κ3) is 3.71. The number of benzene rings is 2. The number of carbonyl (C=O) groups is 1. The minimum atomic E-state index is -4.01. The molecule has 1 aromatic heterocycles. The summed E-state index contributed by atoms with van der Waals surface area (Å²) < 4.78 is 29.2. The SMILES string of the molecule is O=C(NNS(=O)(=O)c1ccc(Cl)cc1)c1cc2ccccc2oc1=O. The van der Waals surface area contributed by atoms with Gasteiger partial charge in [-0.15, -0.1) is 4.83 Å². The molecule has 128 valence electrons. The first-order chi connectivity index (χ1) is 11.9. The summed E-state index contributed by atoms with van der Waals surface area (Å²) in [5, 5.41) is 0.907. The number of para-hydroxylation sites is 1. The van der Waals surface area contributed by atoms with Crippen LogP contribution in [0.25, 0.3) is 11.0 Å². The predicted molar refractivity (Wildman–Crippen MR) is 91.7 cm³/mol. The number of hydrogen-bond acceptors (Lipinski definition) is 5. The number of hydrogen-bond donors (Lipinski definition) is 2. The molecule has 1 heterocycles. The zero-order chi connectivity index (χ0) is 18.0. The first-order valence-corrected chi connectivity index (χ1v) is 8.83. The molecule has 3 aromatic rings. The van der Waals surface area contributed by atoms with Gasteiger partial charge in [0.1, 0.15) is 11.1 Å². The minimum Gasteiger partial charge on any atom is -0.422 e. The first-order valence-electron chi connectivity index (χ1n) is 6.97. The van der Waals surface area contributed by atoms with Crippen molar-refractivity contribution >= 4 is 38.5 Å². The summed E-state index contributed by atoms with van der Waals surface area (Å²) in [6.07, 6.45) is 0. The average Bonchev–Trinajstić information content (AvgIpc) is 2.59. The molecule has 0 bridgehead atoms. The van der Waals surface area contributed by atoms with E-state index in [4.69, 9.17) is 16.0 Å². The fraction of sp³-hybridized carbons (Fsp3) is 0. The second-order valence-corrected chi connectivity index (χ2v) is 7.12. The summed E-state index contributed by atoms with van der Waals surface area (Å²) in [6.45, 7) is 0. The molecule has 3 rings (SSSR count). The zero-order valence-corrected chi connectivity index (χ0v) is 14.1. The van der Waals surface area contributed by atoms with Crippen molar-refractivity contribution in [3.63, 3.8) is 0 Å². The highest BCUT2D eigenvalue weighted by molar-refractivity contribution is 7.89. The molecule has 2 N–H and O–H groups in total. The second kappa shape index (κ2) is 6.67. The van der Waals surface area contributed by atoms with Crippen LogP contribution < -0.4 is 15.9 Å². The summed E-state index contributed by atoms with van der Waals surface area (Å²) in [5.74, 6) is -0.933. The molecule has 7 nitrogen and oxygen atoms in total. The molecule has 0 saturated heterocycles. The number of sulfonamides is 1. The Bertz CT molecular complexity index is 1110. The molecule has 0 unspecified atom stereocenters. The molecular formula is C16H11ClN2O5S. The van der Waals surface area contributed by atoms with Crippen molar-refractivity contribution in [3.8, 4) is 0 Å². The van der Waals surface area contributed by atoms with Crippen LogP contribution in [-0.2, 0) is 10.0 Å². The van der Waals surface area contributed by atoms with Crippen molar-refractivity contribution in [3.05, 3.63) is 75.6 Å². The van der Waals surface area contributed by atoms with Gasteiger partial charge in [0.2, 0.25) is 0 Å². The molecule has 25 heavy (non-hydrogen) atoms. The van der Waals surface area contributed by atoms with Crippen LogP contribution in [0.2, 0.25) is 5.02 Å². The van der Waals surface area contributed by atoms with E-state index >= 15 is 0 Å². The molecule has 0 aliphatic carbocycles. The van der Waals surface area contributed by atoms with E-state index < -0.39 is 21.6 Å². The molecule has 0 aliphatic rings. The quantitative estimate of drug-likeness (QED) is 0.534. The third-order valence-corrected chi connectivity index (χ3v) is 4.82. The molecule has 9 heteroatoms. The van der Waals surface area contributed by atoms with E-state index in [-0.39, 0.29) is 10.5 Å². The molecule has 2 aromatic carbocycles. The number of amides is 1. The fourth-order valence-corrected chi connectivity index (χ4v) is 3.04. The van der Waals surface area contributed by atoms with E-state index in [1.54, 1.807) is 24.3 Å². The monoisotopic (exact) mass is 378 g/mol. The Kier molecular flexibility index (Phi) is 4.58. The van der Waals surface area contributed by atoms with Gasteiger partial charge in [-0.25, -0.2) is 13.2 Å². The van der Waals surface area contributed by atoms with Gasteiger partial charge in [0.05, 0.1) is 4.90 Å². The Morgan fingerprint density at radius 3 is 2.44 bits per heavy atom. The van der Waals surface area contributed by atoms with Crippen LogP contribution in [0.4, 0.5) is 0 Å². The molecular weight excluding hydrogens is 368 g/mol.